The molecule has 0 aliphatic rings. The lowest BCUT2D eigenvalue weighted by Crippen LogP contribution is -2.23. The van der Waals surface area contributed by atoms with Crippen molar-refractivity contribution in [1.82, 2.24) is 4.57 Å². The summed E-state index contributed by atoms with van der Waals surface area (Å²) in [6.45, 7) is 0.0492. The second kappa shape index (κ2) is 7.32. The molecular formula is C19H14ClFN2O2. The largest absolute Gasteiger partial charge is 0.322 e. The van der Waals surface area contributed by atoms with Gasteiger partial charge in [0.25, 0.3) is 11.5 Å². The highest BCUT2D eigenvalue weighted by molar-refractivity contribution is 6.30. The molecule has 3 rings (SSSR count). The molecule has 1 N–H and O–H groups in total. The van der Waals surface area contributed by atoms with E-state index >= 15 is 0 Å². The van der Waals surface area contributed by atoms with Gasteiger partial charge in [-0.15, -0.1) is 0 Å². The predicted molar refractivity (Wildman–Crippen MR) is 95.6 cm³/mol. The summed E-state index contributed by atoms with van der Waals surface area (Å²) in [6, 6.07) is 15.6. The molecule has 0 aliphatic carbocycles. The first kappa shape index (κ1) is 16.9. The monoisotopic (exact) mass is 356 g/mol. The third kappa shape index (κ3) is 4.14. The Kier molecular flexibility index (Phi) is 4.95. The lowest BCUT2D eigenvalue weighted by Gasteiger charge is -2.10. The summed E-state index contributed by atoms with van der Waals surface area (Å²) in [6.07, 6.45) is 1.42. The van der Waals surface area contributed by atoms with Gasteiger partial charge in [-0.1, -0.05) is 29.8 Å². The molecular weight excluding hydrogens is 343 g/mol. The van der Waals surface area contributed by atoms with Crippen LogP contribution in [0.1, 0.15) is 15.9 Å². The molecule has 0 spiro atoms. The minimum Gasteiger partial charge on any atom is -0.322 e. The van der Waals surface area contributed by atoms with E-state index in [0.717, 1.165) is 0 Å². The molecule has 0 unspecified atom stereocenters. The van der Waals surface area contributed by atoms with Crippen molar-refractivity contribution in [3.63, 3.8) is 0 Å². The highest BCUT2D eigenvalue weighted by Gasteiger charge is 2.10. The third-order valence-corrected chi connectivity index (χ3v) is 3.90. The molecule has 25 heavy (non-hydrogen) atoms. The van der Waals surface area contributed by atoms with Crippen LogP contribution in [0.2, 0.25) is 5.02 Å². The van der Waals surface area contributed by atoms with Gasteiger partial charge < -0.3 is 9.88 Å². The Labute approximate surface area is 148 Å². The van der Waals surface area contributed by atoms with Gasteiger partial charge in [-0.25, -0.2) is 4.39 Å². The fraction of sp³-hybridized carbons (Fsp3) is 0.0526. The SMILES string of the molecule is O=C(Nc1ccc(Cl)cc1)c1ccc(=O)n(Cc2ccccc2F)c1. The van der Waals surface area contributed by atoms with Crippen LogP contribution in [-0.4, -0.2) is 10.5 Å². The Morgan fingerprint density at radius 2 is 1.76 bits per heavy atom. The van der Waals surface area contributed by atoms with Gasteiger partial charge in [0, 0.05) is 28.5 Å². The van der Waals surface area contributed by atoms with Crippen molar-refractivity contribution in [2.24, 2.45) is 0 Å². The average Bonchev–Trinajstić information content (AvgIpc) is 2.60. The lowest BCUT2D eigenvalue weighted by atomic mass is 10.2. The fourth-order valence-electron chi connectivity index (χ4n) is 2.34. The number of carbonyl (C=O) groups excluding carboxylic acids is 1. The van der Waals surface area contributed by atoms with Crippen molar-refractivity contribution in [3.05, 3.63) is 99.2 Å². The van der Waals surface area contributed by atoms with Gasteiger partial charge in [-0.3, -0.25) is 9.59 Å². The summed E-state index contributed by atoms with van der Waals surface area (Å²) in [5, 5.41) is 3.29. The maximum Gasteiger partial charge on any atom is 0.257 e. The van der Waals surface area contributed by atoms with Gasteiger partial charge >= 0.3 is 0 Å². The van der Waals surface area contributed by atoms with Gasteiger partial charge in [0.1, 0.15) is 5.82 Å². The average molecular weight is 357 g/mol. The van der Waals surface area contributed by atoms with E-state index in [9.17, 15) is 14.0 Å². The summed E-state index contributed by atoms with van der Waals surface area (Å²) in [4.78, 5) is 24.3. The minimum atomic E-state index is -0.398. The van der Waals surface area contributed by atoms with Gasteiger partial charge in [-0.05, 0) is 36.4 Å². The first-order valence-electron chi connectivity index (χ1n) is 7.54. The first-order chi connectivity index (χ1) is 12.0. The number of carbonyl (C=O) groups is 1. The van der Waals surface area contributed by atoms with Crippen molar-refractivity contribution in [1.29, 1.82) is 0 Å². The van der Waals surface area contributed by atoms with Crippen LogP contribution in [0.15, 0.2) is 71.7 Å². The molecule has 0 aliphatic heterocycles. The van der Waals surface area contributed by atoms with E-state index < -0.39 is 5.82 Å². The Bertz CT molecular complexity index is 968. The summed E-state index contributed by atoms with van der Waals surface area (Å²) in [5.41, 5.74) is 0.943. The Morgan fingerprint density at radius 3 is 2.48 bits per heavy atom. The molecule has 2 aromatic carbocycles. The molecule has 126 valence electrons. The van der Waals surface area contributed by atoms with Crippen LogP contribution >= 0.6 is 11.6 Å². The highest BCUT2D eigenvalue weighted by atomic mass is 35.5. The number of halogens is 2. The smallest absolute Gasteiger partial charge is 0.257 e. The number of pyridine rings is 1. The zero-order valence-corrected chi connectivity index (χ0v) is 13.8. The Morgan fingerprint density at radius 1 is 1.04 bits per heavy atom. The molecule has 0 saturated carbocycles. The molecule has 6 heteroatoms. The van der Waals surface area contributed by atoms with Crippen LogP contribution < -0.4 is 10.9 Å². The summed E-state index contributed by atoms with van der Waals surface area (Å²) in [7, 11) is 0. The number of amides is 1. The van der Waals surface area contributed by atoms with Crippen LogP contribution in [0, 0.1) is 5.82 Å². The number of hydrogen-bond donors (Lipinski definition) is 1. The molecule has 0 radical (unpaired) electrons. The Balaban J connectivity index is 1.83. The first-order valence-corrected chi connectivity index (χ1v) is 7.91. The Hall–Kier alpha value is -2.92. The van der Waals surface area contributed by atoms with Crippen molar-refractivity contribution in [3.8, 4) is 0 Å². The van der Waals surface area contributed by atoms with Crippen molar-refractivity contribution in [2.45, 2.75) is 6.54 Å². The molecule has 0 saturated heterocycles. The number of rotatable bonds is 4. The molecule has 3 aromatic rings. The van der Waals surface area contributed by atoms with Gasteiger partial charge in [0.2, 0.25) is 0 Å². The minimum absolute atomic E-state index is 0.0492. The molecule has 1 aromatic heterocycles. The second-order valence-electron chi connectivity index (χ2n) is 5.44. The number of aromatic nitrogens is 1. The van der Waals surface area contributed by atoms with Crippen molar-refractivity contribution >= 4 is 23.2 Å². The molecule has 0 bridgehead atoms. The maximum absolute atomic E-state index is 13.8. The van der Waals surface area contributed by atoms with E-state index in [2.05, 4.69) is 5.32 Å². The van der Waals surface area contributed by atoms with Crippen molar-refractivity contribution in [2.75, 3.05) is 5.32 Å². The number of hydrogen-bond acceptors (Lipinski definition) is 2. The van der Waals surface area contributed by atoms with Crippen LogP contribution in [0.5, 0.6) is 0 Å². The van der Waals surface area contributed by atoms with Crippen LogP contribution in [0.3, 0.4) is 0 Å². The second-order valence-corrected chi connectivity index (χ2v) is 5.87. The van der Waals surface area contributed by atoms with Crippen LogP contribution in [-0.2, 0) is 6.54 Å². The number of anilines is 1. The van der Waals surface area contributed by atoms with Gasteiger partial charge in [0.15, 0.2) is 0 Å². The van der Waals surface area contributed by atoms with Gasteiger partial charge in [0.05, 0.1) is 12.1 Å². The molecule has 1 heterocycles. The van der Waals surface area contributed by atoms with E-state index in [-0.39, 0.29) is 18.0 Å². The molecule has 1 amide bonds. The number of benzene rings is 2. The highest BCUT2D eigenvalue weighted by Crippen LogP contribution is 2.14. The lowest BCUT2D eigenvalue weighted by molar-refractivity contribution is 0.102. The van der Waals surface area contributed by atoms with E-state index in [1.807, 2.05) is 0 Å². The van der Waals surface area contributed by atoms with Gasteiger partial charge in [-0.2, -0.15) is 0 Å². The van der Waals surface area contributed by atoms with E-state index in [1.54, 1.807) is 42.5 Å². The van der Waals surface area contributed by atoms with E-state index in [1.165, 1.54) is 29.0 Å². The standard InChI is InChI=1S/C19H14ClFN2O2/c20-15-6-8-16(9-7-15)22-19(25)14-5-10-18(24)23(12-14)11-13-3-1-2-4-17(13)21/h1-10,12H,11H2,(H,22,25). The molecule has 0 fully saturated rings. The maximum atomic E-state index is 13.8. The topological polar surface area (TPSA) is 51.1 Å². The van der Waals surface area contributed by atoms with E-state index in [4.69, 9.17) is 11.6 Å². The fourth-order valence-corrected chi connectivity index (χ4v) is 2.46. The van der Waals surface area contributed by atoms with E-state index in [0.29, 0.717) is 21.8 Å². The zero-order valence-electron chi connectivity index (χ0n) is 13.1. The summed E-state index contributed by atoms with van der Waals surface area (Å²) < 4.78 is 15.1. The van der Waals surface area contributed by atoms with Crippen molar-refractivity contribution < 1.29 is 9.18 Å². The zero-order chi connectivity index (χ0) is 17.8. The number of nitrogens with one attached hydrogen (secondary N) is 1. The van der Waals surface area contributed by atoms with Crippen LogP contribution in [0.4, 0.5) is 10.1 Å². The third-order valence-electron chi connectivity index (χ3n) is 3.65. The molecule has 0 atom stereocenters. The molecule has 4 nitrogen and oxygen atoms in total. The quantitative estimate of drug-likeness (QED) is 0.769. The van der Waals surface area contributed by atoms with Crippen LogP contribution in [0.25, 0.3) is 0 Å². The number of nitrogens with zero attached hydrogens (tertiary/aromatic N) is 1. The predicted octanol–water partition coefficient (Wildman–Crippen LogP) is 3.94. The normalized spacial score (nSPS) is 10.5. The summed E-state index contributed by atoms with van der Waals surface area (Å²) in [5.74, 6) is -0.768. The summed E-state index contributed by atoms with van der Waals surface area (Å²) >= 11 is 5.81.